The molecule has 2 aromatic heterocycles. The van der Waals surface area contributed by atoms with Gasteiger partial charge in [0.05, 0.1) is 6.26 Å². The standard InChI is InChI=1S/C18H17NO4/c1-10-16(14-6-4-5-7-15(14)19-10)17(20)12(3)23-18(21)13-8-9-22-11(13)2/h4-9,12,19H,1-3H3/t12-/m0/s1. The van der Waals surface area contributed by atoms with Crippen LogP contribution in [0.2, 0.25) is 0 Å². The Labute approximate surface area is 133 Å². The van der Waals surface area contributed by atoms with Crippen molar-refractivity contribution in [2.45, 2.75) is 26.9 Å². The number of H-pyrrole nitrogens is 1. The van der Waals surface area contributed by atoms with E-state index in [0.29, 0.717) is 16.9 Å². The maximum absolute atomic E-state index is 12.7. The van der Waals surface area contributed by atoms with Gasteiger partial charge in [0.1, 0.15) is 11.3 Å². The van der Waals surface area contributed by atoms with Gasteiger partial charge >= 0.3 is 5.97 Å². The average molecular weight is 311 g/mol. The molecule has 0 unspecified atom stereocenters. The number of aryl methyl sites for hydroxylation is 2. The molecule has 0 aliphatic heterocycles. The van der Waals surface area contributed by atoms with Crippen LogP contribution in [0.3, 0.4) is 0 Å². The number of aromatic nitrogens is 1. The Morgan fingerprint density at radius 2 is 1.91 bits per heavy atom. The molecule has 5 nitrogen and oxygen atoms in total. The molecule has 5 heteroatoms. The fraction of sp³-hybridized carbons (Fsp3) is 0.222. The van der Waals surface area contributed by atoms with Gasteiger partial charge in [0.15, 0.2) is 6.10 Å². The number of nitrogens with one attached hydrogen (secondary N) is 1. The highest BCUT2D eigenvalue weighted by Gasteiger charge is 2.25. The summed E-state index contributed by atoms with van der Waals surface area (Å²) >= 11 is 0. The monoisotopic (exact) mass is 311 g/mol. The molecule has 0 fully saturated rings. The number of carbonyl (C=O) groups excluding carboxylic acids is 2. The molecule has 1 N–H and O–H groups in total. The molecule has 0 aliphatic carbocycles. The summed E-state index contributed by atoms with van der Waals surface area (Å²) in [5.74, 6) is -0.318. The minimum absolute atomic E-state index is 0.227. The number of benzene rings is 1. The zero-order valence-electron chi connectivity index (χ0n) is 13.2. The summed E-state index contributed by atoms with van der Waals surface area (Å²) in [5, 5.41) is 0.831. The third-order valence-corrected chi connectivity index (χ3v) is 3.87. The van der Waals surface area contributed by atoms with E-state index in [1.165, 1.54) is 12.3 Å². The Bertz CT molecular complexity index is 887. The number of hydrogen-bond acceptors (Lipinski definition) is 4. The van der Waals surface area contributed by atoms with Crippen LogP contribution < -0.4 is 0 Å². The van der Waals surface area contributed by atoms with Crippen LogP contribution in [-0.4, -0.2) is 22.8 Å². The second-order valence-corrected chi connectivity index (χ2v) is 5.47. The number of furan rings is 1. The van der Waals surface area contributed by atoms with Crippen molar-refractivity contribution in [3.63, 3.8) is 0 Å². The van der Waals surface area contributed by atoms with Crippen molar-refractivity contribution < 1.29 is 18.7 Å². The van der Waals surface area contributed by atoms with Gasteiger partial charge in [-0.25, -0.2) is 4.79 Å². The molecular weight excluding hydrogens is 294 g/mol. The third kappa shape index (κ3) is 2.65. The van der Waals surface area contributed by atoms with Gasteiger partial charge in [-0.3, -0.25) is 4.79 Å². The Hall–Kier alpha value is -2.82. The molecule has 3 rings (SSSR count). The van der Waals surface area contributed by atoms with Crippen LogP contribution in [0.15, 0.2) is 41.0 Å². The van der Waals surface area contributed by atoms with Gasteiger partial charge in [-0.05, 0) is 32.9 Å². The summed E-state index contributed by atoms with van der Waals surface area (Å²) in [6.45, 7) is 5.09. The normalized spacial score (nSPS) is 12.3. The minimum Gasteiger partial charge on any atom is -0.469 e. The summed E-state index contributed by atoms with van der Waals surface area (Å²) in [6.07, 6.45) is 0.539. The van der Waals surface area contributed by atoms with Crippen molar-refractivity contribution in [2.75, 3.05) is 0 Å². The van der Waals surface area contributed by atoms with E-state index in [9.17, 15) is 9.59 Å². The minimum atomic E-state index is -0.880. The van der Waals surface area contributed by atoms with Crippen molar-refractivity contribution >= 4 is 22.7 Å². The molecule has 1 aromatic carbocycles. The second-order valence-electron chi connectivity index (χ2n) is 5.47. The number of aromatic amines is 1. The van der Waals surface area contributed by atoms with Crippen LogP contribution in [0, 0.1) is 13.8 Å². The van der Waals surface area contributed by atoms with Crippen LogP contribution >= 0.6 is 0 Å². The summed E-state index contributed by atoms with van der Waals surface area (Å²) < 4.78 is 10.4. The van der Waals surface area contributed by atoms with E-state index in [0.717, 1.165) is 16.6 Å². The van der Waals surface area contributed by atoms with Crippen LogP contribution in [0.4, 0.5) is 0 Å². The number of para-hydroxylation sites is 1. The van der Waals surface area contributed by atoms with Gasteiger partial charge in [0.2, 0.25) is 5.78 Å². The second kappa shape index (κ2) is 5.76. The molecule has 0 amide bonds. The molecule has 0 saturated carbocycles. The molecule has 1 atom stereocenters. The fourth-order valence-electron chi connectivity index (χ4n) is 2.67. The molecule has 0 aliphatic rings. The predicted molar refractivity (Wildman–Crippen MR) is 85.7 cm³/mol. The number of hydrogen-bond donors (Lipinski definition) is 1. The zero-order chi connectivity index (χ0) is 16.6. The van der Waals surface area contributed by atoms with E-state index < -0.39 is 12.1 Å². The van der Waals surface area contributed by atoms with Crippen LogP contribution in [0.1, 0.15) is 39.1 Å². The van der Waals surface area contributed by atoms with E-state index in [2.05, 4.69) is 4.98 Å². The maximum Gasteiger partial charge on any atom is 0.342 e. The fourth-order valence-corrected chi connectivity index (χ4v) is 2.67. The summed E-state index contributed by atoms with van der Waals surface area (Å²) in [6, 6.07) is 9.09. The largest absolute Gasteiger partial charge is 0.469 e. The van der Waals surface area contributed by atoms with Crippen LogP contribution in [0.25, 0.3) is 10.9 Å². The molecule has 0 radical (unpaired) electrons. The van der Waals surface area contributed by atoms with Crippen LogP contribution in [0.5, 0.6) is 0 Å². The topological polar surface area (TPSA) is 72.3 Å². The van der Waals surface area contributed by atoms with Crippen molar-refractivity contribution in [2.24, 2.45) is 0 Å². The average Bonchev–Trinajstić information content (AvgIpc) is 3.08. The molecule has 3 aromatic rings. The summed E-state index contributed by atoms with van der Waals surface area (Å²) in [4.78, 5) is 28.0. The molecule has 118 valence electrons. The number of ether oxygens (including phenoxy) is 1. The van der Waals surface area contributed by atoms with Crippen molar-refractivity contribution in [3.8, 4) is 0 Å². The lowest BCUT2D eigenvalue weighted by Gasteiger charge is -2.12. The lowest BCUT2D eigenvalue weighted by Crippen LogP contribution is -2.25. The molecule has 2 heterocycles. The molecule has 0 bridgehead atoms. The summed E-state index contributed by atoms with van der Waals surface area (Å²) in [7, 11) is 0. The number of Topliss-reactive ketones (excluding diaryl/α,β-unsaturated/α-hetero) is 1. The zero-order valence-corrected chi connectivity index (χ0v) is 13.2. The van der Waals surface area contributed by atoms with Gasteiger partial charge in [-0.2, -0.15) is 0 Å². The van der Waals surface area contributed by atoms with E-state index >= 15 is 0 Å². The Balaban J connectivity index is 1.86. The molecule has 0 saturated heterocycles. The van der Waals surface area contributed by atoms with Crippen molar-refractivity contribution in [1.29, 1.82) is 0 Å². The smallest absolute Gasteiger partial charge is 0.342 e. The number of carbonyl (C=O) groups is 2. The first kappa shape index (κ1) is 15.1. The van der Waals surface area contributed by atoms with Crippen molar-refractivity contribution in [3.05, 3.63) is 59.2 Å². The Kier molecular flexibility index (Phi) is 3.78. The summed E-state index contributed by atoms with van der Waals surface area (Å²) in [5.41, 5.74) is 2.54. The first-order chi connectivity index (χ1) is 11.0. The molecule has 23 heavy (non-hydrogen) atoms. The van der Waals surface area contributed by atoms with Crippen LogP contribution in [-0.2, 0) is 4.74 Å². The maximum atomic E-state index is 12.7. The molecular formula is C18H17NO4. The number of rotatable bonds is 4. The lowest BCUT2D eigenvalue weighted by atomic mass is 10.0. The Morgan fingerprint density at radius 3 is 2.61 bits per heavy atom. The van der Waals surface area contributed by atoms with E-state index in [-0.39, 0.29) is 5.78 Å². The Morgan fingerprint density at radius 1 is 1.17 bits per heavy atom. The van der Waals surface area contributed by atoms with Gasteiger partial charge in [-0.1, -0.05) is 18.2 Å². The van der Waals surface area contributed by atoms with E-state index in [1.54, 1.807) is 13.8 Å². The first-order valence-corrected chi connectivity index (χ1v) is 7.35. The number of esters is 1. The SMILES string of the molecule is Cc1[nH]c2ccccc2c1C(=O)[C@H](C)OC(=O)c1ccoc1C. The van der Waals surface area contributed by atoms with Gasteiger partial charge in [0, 0.05) is 22.2 Å². The number of ketones is 1. The highest BCUT2D eigenvalue weighted by molar-refractivity contribution is 6.11. The molecule has 0 spiro atoms. The number of fused-ring (bicyclic) bond motifs is 1. The predicted octanol–water partition coefficient (Wildman–Crippen LogP) is 3.81. The third-order valence-electron chi connectivity index (χ3n) is 3.87. The van der Waals surface area contributed by atoms with E-state index in [1.807, 2.05) is 31.2 Å². The van der Waals surface area contributed by atoms with Gasteiger partial charge in [0.25, 0.3) is 0 Å². The highest BCUT2D eigenvalue weighted by atomic mass is 16.5. The van der Waals surface area contributed by atoms with Crippen molar-refractivity contribution in [1.82, 2.24) is 4.98 Å². The van der Waals surface area contributed by atoms with Gasteiger partial charge in [-0.15, -0.1) is 0 Å². The first-order valence-electron chi connectivity index (χ1n) is 7.35. The van der Waals surface area contributed by atoms with Gasteiger partial charge < -0.3 is 14.1 Å². The highest BCUT2D eigenvalue weighted by Crippen LogP contribution is 2.24. The van der Waals surface area contributed by atoms with E-state index in [4.69, 9.17) is 9.15 Å². The lowest BCUT2D eigenvalue weighted by molar-refractivity contribution is 0.0317. The quantitative estimate of drug-likeness (QED) is 0.587.